The summed E-state index contributed by atoms with van der Waals surface area (Å²) in [6.07, 6.45) is 4.32. The van der Waals surface area contributed by atoms with E-state index in [9.17, 15) is 123 Å². The Bertz CT molecular complexity index is 3510. The van der Waals surface area contributed by atoms with Crippen LogP contribution in [-0.4, -0.2) is 322 Å². The molecule has 2 aliphatic heterocycles. The van der Waals surface area contributed by atoms with Crippen LogP contribution in [0.15, 0.2) is 12.2 Å². The number of phosphoric ester groups is 11. The first-order chi connectivity index (χ1) is 54.5. The van der Waals surface area contributed by atoms with E-state index in [0.29, 0.717) is 31.4 Å². The normalized spacial score (nSPS) is 20.1. The minimum atomic E-state index is -5.02. The van der Waals surface area contributed by atoms with E-state index in [2.05, 4.69) is 81.4 Å². The average Bonchev–Trinajstić information content (AvgIpc) is 1.76. The van der Waals surface area contributed by atoms with Gasteiger partial charge in [0.1, 0.15) is 0 Å². The summed E-state index contributed by atoms with van der Waals surface area (Å²) >= 11 is 1.29. The third kappa shape index (κ3) is 60.7. The zero-order valence-corrected chi connectivity index (χ0v) is 73.8. The van der Waals surface area contributed by atoms with Crippen molar-refractivity contribution in [3.63, 3.8) is 0 Å². The van der Waals surface area contributed by atoms with Gasteiger partial charge >= 0.3 is 86.0 Å². The molecule has 0 saturated carbocycles. The average molecular weight is 1950 g/mol. The number of imide groups is 2. The molecule has 11 N–H and O–H groups in total. The van der Waals surface area contributed by atoms with Gasteiger partial charge in [-0.05, 0) is 39.4 Å². The molecule has 0 aromatic heterocycles. The molecule has 0 aromatic rings. The zero-order valence-electron chi connectivity index (χ0n) is 63.1. The minimum Gasteiger partial charge on any atom is -0.377 e. The fourth-order valence-corrected chi connectivity index (χ4v) is 16.9. The number of ether oxygens (including phenoxy) is 5. The summed E-state index contributed by atoms with van der Waals surface area (Å²) in [4.78, 5) is 158. The van der Waals surface area contributed by atoms with Crippen molar-refractivity contribution in [3.8, 4) is 0 Å². The molecule has 55 nitrogen and oxygen atoms in total. The molecular formula is C50H101N2O53P11S. The van der Waals surface area contributed by atoms with Crippen LogP contribution in [0.4, 0.5) is 0 Å². The van der Waals surface area contributed by atoms with Crippen LogP contribution in [0.3, 0.4) is 0 Å². The Balaban J connectivity index is 1.42. The van der Waals surface area contributed by atoms with Crippen LogP contribution in [0.1, 0.15) is 52.9 Å². The quantitative estimate of drug-likeness (QED) is 0.0235. The smallest absolute Gasteiger partial charge is 0.377 e. The number of amides is 4. The van der Waals surface area contributed by atoms with Crippen molar-refractivity contribution in [2.45, 2.75) is 63.7 Å². The SMILES string of the molecule is CC(C)(C)OP(=O)(O)OCCOCCOCCOCCOCCOCCOP(=O)(O)OCCOP(=O)(O)OCCOP(=O)(O)OCCOP(=O)(O)OCCOP(=O)(O)OCCOP(=O)(O)OCCOP(=O)(O)OCCOP(=O)(O)OCCOP(=O)(O)OCCOP(=O)(O)OCCCCCCSC1CC(=O)N(CCN2C(=O)C=CC2=O)C1=O. The number of hydrogen-bond donors (Lipinski definition) is 11. The lowest BCUT2D eigenvalue weighted by Crippen LogP contribution is -2.41. The highest BCUT2D eigenvalue weighted by Gasteiger charge is 2.40. The maximum Gasteiger partial charge on any atom is 0.472 e. The molecule has 0 aromatic carbocycles. The van der Waals surface area contributed by atoms with Gasteiger partial charge < -0.3 is 77.5 Å². The van der Waals surface area contributed by atoms with E-state index in [1.807, 2.05) is 0 Å². The van der Waals surface area contributed by atoms with Gasteiger partial charge in [-0.1, -0.05) is 12.8 Å². The first kappa shape index (κ1) is 112. The number of likely N-dealkylation sites (tertiary alicyclic amines) is 1. The van der Waals surface area contributed by atoms with Crippen molar-refractivity contribution >= 4 is 121 Å². The molecular weight excluding hydrogens is 1850 g/mol. The first-order valence-corrected chi connectivity index (χ1v) is 51.7. The van der Waals surface area contributed by atoms with Gasteiger partial charge in [-0.15, -0.1) is 11.8 Å². The van der Waals surface area contributed by atoms with Crippen LogP contribution in [0.25, 0.3) is 0 Å². The second-order valence-corrected chi connectivity index (χ2v) is 40.2. The molecule has 1 saturated heterocycles. The van der Waals surface area contributed by atoms with Gasteiger partial charge in [0.15, 0.2) is 0 Å². The van der Waals surface area contributed by atoms with Gasteiger partial charge in [-0.25, -0.2) is 50.2 Å². The van der Waals surface area contributed by atoms with E-state index in [1.54, 1.807) is 20.8 Å². The van der Waals surface area contributed by atoms with Crippen LogP contribution in [0.5, 0.6) is 0 Å². The van der Waals surface area contributed by atoms with Gasteiger partial charge in [0, 0.05) is 31.7 Å². The molecule has 12 atom stereocenters. The lowest BCUT2D eigenvalue weighted by molar-refractivity contribution is -0.142. The lowest BCUT2D eigenvalue weighted by atomic mass is 10.2. The third-order valence-corrected chi connectivity index (χ3v) is 25.2. The summed E-state index contributed by atoms with van der Waals surface area (Å²) in [5.41, 5.74) is -0.856. The molecule has 1 fully saturated rings. The lowest BCUT2D eigenvalue weighted by Gasteiger charge is -2.22. The Kier molecular flexibility index (Phi) is 55.7. The van der Waals surface area contributed by atoms with Crippen LogP contribution < -0.4 is 0 Å². The van der Waals surface area contributed by atoms with E-state index in [-0.39, 0.29) is 98.8 Å². The molecule has 12 unspecified atom stereocenters. The topological polar surface area (TPSA) is 734 Å². The number of rotatable bonds is 78. The number of carbonyl (C=O) groups is 4. The molecule has 0 radical (unpaired) electrons. The number of nitrogens with zero attached hydrogens (tertiary/aromatic N) is 2. The summed E-state index contributed by atoms with van der Waals surface area (Å²) < 4.78 is 261. The molecule has 2 heterocycles. The molecule has 0 spiro atoms. The Morgan fingerprint density at radius 2 is 0.487 bits per heavy atom. The fraction of sp³-hybridized carbons (Fsp3) is 0.880. The van der Waals surface area contributed by atoms with Gasteiger partial charge in [0.25, 0.3) is 11.8 Å². The van der Waals surface area contributed by atoms with Crippen LogP contribution in [0.2, 0.25) is 0 Å². The van der Waals surface area contributed by atoms with Gasteiger partial charge in [-0.2, -0.15) is 0 Å². The van der Waals surface area contributed by atoms with E-state index in [4.69, 9.17) is 41.8 Å². The second kappa shape index (κ2) is 58.0. The standard InChI is InChI=1S/C50H101N2O53P11S/c1-50(2,3)105-116(77,78)104-24-22-83-20-18-81-16-14-79-13-15-80-17-19-82-21-23-85-107(59,60)87-27-28-89-109(63,64)91-31-32-93-111(67,68)95-35-36-97-113(71,72)99-39-40-101-115(75,76)103-42-41-102-114(73,74)100-38-37-98-112(69,70)96-34-33-94-110(65,66)92-30-29-90-108(61,62)88-26-25-86-106(57,58)84-12-6-4-5-7-43-117-45-44-48(55)52(49(45)56)11-10-51-46(53)8-9-47(51)54/h8-9,45H,4-7,10-44H2,1-3H3,(H,57,58)(H,59,60)(H,61,62)(H,63,64)(H,65,66)(H,67,68)(H,69,70)(H,71,72)(H,73,74)(H,75,76)(H,77,78). The Morgan fingerprint density at radius 3 is 0.726 bits per heavy atom. The second-order valence-electron chi connectivity index (χ2n) is 22.9. The Hall–Kier alpha value is -0.620. The third-order valence-electron chi connectivity index (χ3n) is 12.4. The summed E-state index contributed by atoms with van der Waals surface area (Å²) in [5.74, 6) is -1.34. The van der Waals surface area contributed by atoms with Crippen molar-refractivity contribution in [1.82, 2.24) is 9.80 Å². The monoisotopic (exact) mass is 1950 g/mol. The minimum absolute atomic E-state index is 0.0170. The van der Waals surface area contributed by atoms with Gasteiger partial charge in [0.2, 0.25) is 11.8 Å². The van der Waals surface area contributed by atoms with E-state index in [1.165, 1.54) is 11.8 Å². The molecule has 2 rings (SSSR count). The van der Waals surface area contributed by atoms with Crippen molar-refractivity contribution in [2.75, 3.05) is 224 Å². The Morgan fingerprint density at radius 1 is 0.291 bits per heavy atom. The van der Waals surface area contributed by atoms with Crippen LogP contribution >= 0.6 is 97.8 Å². The highest BCUT2D eigenvalue weighted by molar-refractivity contribution is 8.00. The molecule has 4 amide bonds. The molecule has 117 heavy (non-hydrogen) atoms. The highest BCUT2D eigenvalue weighted by Crippen LogP contribution is 2.52. The highest BCUT2D eigenvalue weighted by atomic mass is 32.2. The largest absolute Gasteiger partial charge is 0.472 e. The van der Waals surface area contributed by atoms with Gasteiger partial charge in [-0.3, -0.25) is 129 Å². The van der Waals surface area contributed by atoms with Crippen molar-refractivity contribution in [3.05, 3.63) is 12.2 Å². The van der Waals surface area contributed by atoms with E-state index < -0.39 is 246 Å². The van der Waals surface area contributed by atoms with Crippen LogP contribution in [-0.2, 0) is 193 Å². The van der Waals surface area contributed by atoms with Crippen molar-refractivity contribution in [1.29, 1.82) is 0 Å². The van der Waals surface area contributed by atoms with Gasteiger partial charge in [0.05, 0.1) is 216 Å². The van der Waals surface area contributed by atoms with E-state index in [0.717, 1.165) is 22.0 Å². The van der Waals surface area contributed by atoms with Crippen molar-refractivity contribution < 1.29 is 246 Å². The molecule has 2 aliphatic rings. The number of phosphoric acid groups is 11. The predicted octanol–water partition coefficient (Wildman–Crippen LogP) is 3.68. The summed E-state index contributed by atoms with van der Waals surface area (Å²) in [6, 6.07) is 0. The summed E-state index contributed by atoms with van der Waals surface area (Å²) in [6.45, 7) is -10.3. The predicted molar refractivity (Wildman–Crippen MR) is 390 cm³/mol. The fourth-order valence-electron chi connectivity index (χ4n) is 7.73. The zero-order chi connectivity index (χ0) is 87.8. The summed E-state index contributed by atoms with van der Waals surface area (Å²) in [5, 5.41) is -0.604. The maximum atomic E-state index is 12.7. The maximum absolute atomic E-state index is 12.7. The van der Waals surface area contributed by atoms with E-state index >= 15 is 0 Å². The molecule has 0 bridgehead atoms. The number of unbranched alkanes of at least 4 members (excludes halogenated alkanes) is 3. The van der Waals surface area contributed by atoms with Crippen LogP contribution in [0, 0.1) is 0 Å². The van der Waals surface area contributed by atoms with Crippen molar-refractivity contribution in [2.24, 2.45) is 0 Å². The number of thioether (sulfide) groups is 1. The number of carbonyl (C=O) groups excluding carboxylic acids is 4. The Labute approximate surface area is 674 Å². The molecule has 690 valence electrons. The summed E-state index contributed by atoms with van der Waals surface area (Å²) in [7, 11) is -53.3. The number of hydrogen-bond acceptors (Lipinski definition) is 43. The molecule has 67 heteroatoms. The first-order valence-electron chi connectivity index (χ1n) is 34.2. The molecule has 0 aliphatic carbocycles.